The fourth-order valence-corrected chi connectivity index (χ4v) is 4.17. The van der Waals surface area contributed by atoms with E-state index in [9.17, 15) is 9.18 Å². The van der Waals surface area contributed by atoms with E-state index in [2.05, 4.69) is 4.90 Å². The van der Waals surface area contributed by atoms with Crippen molar-refractivity contribution in [2.75, 3.05) is 26.2 Å². The van der Waals surface area contributed by atoms with Crippen molar-refractivity contribution in [1.29, 1.82) is 0 Å². The average molecular weight is 473 g/mol. The van der Waals surface area contributed by atoms with Gasteiger partial charge in [-0.15, -0.1) is 0 Å². The summed E-state index contributed by atoms with van der Waals surface area (Å²) in [6.45, 7) is 3.46. The predicted molar refractivity (Wildman–Crippen MR) is 125 cm³/mol. The summed E-state index contributed by atoms with van der Waals surface area (Å²) in [6, 6.07) is 19.3. The summed E-state index contributed by atoms with van der Waals surface area (Å²) >= 11 is 12.1. The Labute approximate surface area is 197 Å². The molecule has 0 unspecified atom stereocenters. The van der Waals surface area contributed by atoms with Gasteiger partial charge in [-0.2, -0.15) is 0 Å². The molecule has 0 aromatic heterocycles. The molecule has 1 amide bonds. The summed E-state index contributed by atoms with van der Waals surface area (Å²) in [5.74, 6) is 0.339. The van der Waals surface area contributed by atoms with Gasteiger partial charge in [-0.1, -0.05) is 53.5 Å². The van der Waals surface area contributed by atoms with Crippen LogP contribution in [0.25, 0.3) is 0 Å². The van der Waals surface area contributed by atoms with Gasteiger partial charge in [0, 0.05) is 48.9 Å². The molecule has 1 fully saturated rings. The SMILES string of the molecule is O=C(c1cccc(COc2ccc(Cl)cc2Cl)c1)N1CCN(Cc2ccccc2F)CC1. The molecule has 32 heavy (non-hydrogen) atoms. The maximum atomic E-state index is 13.9. The van der Waals surface area contributed by atoms with E-state index >= 15 is 0 Å². The van der Waals surface area contributed by atoms with Crippen molar-refractivity contribution in [3.05, 3.63) is 99.3 Å². The van der Waals surface area contributed by atoms with Crippen LogP contribution in [0.5, 0.6) is 5.75 Å². The lowest BCUT2D eigenvalue weighted by molar-refractivity contribution is 0.0627. The third-order valence-electron chi connectivity index (χ3n) is 5.47. The quantitative estimate of drug-likeness (QED) is 0.463. The summed E-state index contributed by atoms with van der Waals surface area (Å²) in [7, 11) is 0. The molecule has 4 nitrogen and oxygen atoms in total. The third-order valence-corrected chi connectivity index (χ3v) is 6.00. The summed E-state index contributed by atoms with van der Waals surface area (Å²) in [5.41, 5.74) is 2.18. The number of amides is 1. The second-order valence-corrected chi connectivity index (χ2v) is 8.57. The van der Waals surface area contributed by atoms with E-state index in [1.807, 2.05) is 35.2 Å². The zero-order valence-electron chi connectivity index (χ0n) is 17.4. The molecule has 0 saturated carbocycles. The molecule has 1 aliphatic rings. The molecule has 3 aromatic rings. The van der Waals surface area contributed by atoms with E-state index in [-0.39, 0.29) is 11.7 Å². The van der Waals surface area contributed by atoms with Crippen LogP contribution in [0.4, 0.5) is 4.39 Å². The van der Waals surface area contributed by atoms with Crippen LogP contribution in [0.2, 0.25) is 10.0 Å². The lowest BCUT2D eigenvalue weighted by Crippen LogP contribution is -2.48. The normalized spacial score (nSPS) is 14.4. The number of ether oxygens (including phenoxy) is 1. The Morgan fingerprint density at radius 2 is 1.72 bits per heavy atom. The number of benzene rings is 3. The van der Waals surface area contributed by atoms with Crippen LogP contribution in [-0.2, 0) is 13.2 Å². The number of rotatable bonds is 6. The van der Waals surface area contributed by atoms with Crippen LogP contribution in [0.3, 0.4) is 0 Å². The van der Waals surface area contributed by atoms with E-state index in [1.165, 1.54) is 6.07 Å². The van der Waals surface area contributed by atoms with Crippen LogP contribution in [0, 0.1) is 5.82 Å². The van der Waals surface area contributed by atoms with Gasteiger partial charge < -0.3 is 9.64 Å². The van der Waals surface area contributed by atoms with Crippen LogP contribution in [-0.4, -0.2) is 41.9 Å². The van der Waals surface area contributed by atoms with Gasteiger partial charge in [0.05, 0.1) is 5.02 Å². The van der Waals surface area contributed by atoms with Crippen molar-refractivity contribution in [2.45, 2.75) is 13.2 Å². The number of hydrogen-bond acceptors (Lipinski definition) is 3. The summed E-state index contributed by atoms with van der Waals surface area (Å²) in [6.07, 6.45) is 0. The Hall–Kier alpha value is -2.60. The van der Waals surface area contributed by atoms with E-state index in [4.69, 9.17) is 27.9 Å². The highest BCUT2D eigenvalue weighted by Gasteiger charge is 2.23. The molecule has 4 rings (SSSR count). The summed E-state index contributed by atoms with van der Waals surface area (Å²) in [4.78, 5) is 17.0. The lowest BCUT2D eigenvalue weighted by Gasteiger charge is -2.35. The van der Waals surface area contributed by atoms with Crippen LogP contribution >= 0.6 is 23.2 Å². The van der Waals surface area contributed by atoms with Crippen molar-refractivity contribution in [3.63, 3.8) is 0 Å². The van der Waals surface area contributed by atoms with Gasteiger partial charge in [-0.25, -0.2) is 4.39 Å². The summed E-state index contributed by atoms with van der Waals surface area (Å²) < 4.78 is 19.7. The fourth-order valence-electron chi connectivity index (χ4n) is 3.71. The van der Waals surface area contributed by atoms with Gasteiger partial charge in [-0.3, -0.25) is 9.69 Å². The maximum Gasteiger partial charge on any atom is 0.253 e. The molecule has 0 atom stereocenters. The van der Waals surface area contributed by atoms with Gasteiger partial charge in [0.15, 0.2) is 0 Å². The average Bonchev–Trinajstić information content (AvgIpc) is 2.80. The highest BCUT2D eigenvalue weighted by atomic mass is 35.5. The lowest BCUT2D eigenvalue weighted by atomic mass is 10.1. The van der Waals surface area contributed by atoms with E-state index in [0.29, 0.717) is 66.3 Å². The van der Waals surface area contributed by atoms with E-state index in [1.54, 1.807) is 30.3 Å². The Morgan fingerprint density at radius 1 is 0.938 bits per heavy atom. The monoisotopic (exact) mass is 472 g/mol. The van der Waals surface area contributed by atoms with Gasteiger partial charge >= 0.3 is 0 Å². The third kappa shape index (κ3) is 5.60. The second kappa shape index (κ2) is 10.3. The van der Waals surface area contributed by atoms with Crippen LogP contribution < -0.4 is 4.74 Å². The second-order valence-electron chi connectivity index (χ2n) is 7.72. The predicted octanol–water partition coefficient (Wildman–Crippen LogP) is 5.67. The van der Waals surface area contributed by atoms with Crippen molar-refractivity contribution in [3.8, 4) is 5.75 Å². The van der Waals surface area contributed by atoms with Crippen molar-refractivity contribution >= 4 is 29.1 Å². The summed E-state index contributed by atoms with van der Waals surface area (Å²) in [5, 5.41) is 0.988. The van der Waals surface area contributed by atoms with Crippen LogP contribution in [0.15, 0.2) is 66.7 Å². The Kier molecular flexibility index (Phi) is 7.30. The van der Waals surface area contributed by atoms with Crippen molar-refractivity contribution < 1.29 is 13.9 Å². The first-order valence-corrected chi connectivity index (χ1v) is 11.2. The van der Waals surface area contributed by atoms with Gasteiger partial charge in [-0.05, 0) is 42.0 Å². The molecule has 0 radical (unpaired) electrons. The van der Waals surface area contributed by atoms with Crippen LogP contribution in [0.1, 0.15) is 21.5 Å². The standard InChI is InChI=1S/C25H23Cl2FN2O2/c26-21-8-9-24(22(27)15-21)32-17-18-4-3-6-19(14-18)25(31)30-12-10-29(11-13-30)16-20-5-1-2-7-23(20)28/h1-9,14-15H,10-13,16-17H2. The van der Waals surface area contributed by atoms with Crippen molar-refractivity contribution in [2.24, 2.45) is 0 Å². The van der Waals surface area contributed by atoms with Gasteiger partial charge in [0.1, 0.15) is 18.2 Å². The highest BCUT2D eigenvalue weighted by Crippen LogP contribution is 2.28. The molecule has 7 heteroatoms. The minimum atomic E-state index is -0.190. The molecule has 1 saturated heterocycles. The number of hydrogen-bond donors (Lipinski definition) is 0. The first-order chi connectivity index (χ1) is 15.5. The molecule has 1 heterocycles. The number of carbonyl (C=O) groups is 1. The number of carbonyl (C=O) groups excluding carboxylic acids is 1. The van der Waals surface area contributed by atoms with Gasteiger partial charge in [0.25, 0.3) is 5.91 Å². The molecular weight excluding hydrogens is 450 g/mol. The molecule has 0 bridgehead atoms. The first-order valence-electron chi connectivity index (χ1n) is 10.4. The smallest absolute Gasteiger partial charge is 0.253 e. The zero-order chi connectivity index (χ0) is 22.5. The molecular formula is C25H23Cl2FN2O2. The molecule has 0 spiro atoms. The molecule has 1 aliphatic heterocycles. The Bertz CT molecular complexity index is 1100. The fraction of sp³-hybridized carbons (Fsp3) is 0.240. The van der Waals surface area contributed by atoms with E-state index < -0.39 is 0 Å². The molecule has 166 valence electrons. The van der Waals surface area contributed by atoms with E-state index in [0.717, 1.165) is 5.56 Å². The molecule has 0 N–H and O–H groups in total. The molecule has 0 aliphatic carbocycles. The first kappa shape index (κ1) is 22.6. The minimum absolute atomic E-state index is 0.0121. The Balaban J connectivity index is 1.33. The zero-order valence-corrected chi connectivity index (χ0v) is 19.0. The van der Waals surface area contributed by atoms with Gasteiger partial charge in [0.2, 0.25) is 0 Å². The Morgan fingerprint density at radius 3 is 2.47 bits per heavy atom. The maximum absolute atomic E-state index is 13.9. The highest BCUT2D eigenvalue weighted by molar-refractivity contribution is 6.35. The number of nitrogens with zero attached hydrogens (tertiary/aromatic N) is 2. The topological polar surface area (TPSA) is 32.8 Å². The minimum Gasteiger partial charge on any atom is -0.487 e. The van der Waals surface area contributed by atoms with Crippen molar-refractivity contribution in [1.82, 2.24) is 9.80 Å². The largest absolute Gasteiger partial charge is 0.487 e. The molecule has 3 aromatic carbocycles. The number of piperazine rings is 1. The number of halogens is 3.